The zero-order chi connectivity index (χ0) is 13.0. The average molecular weight is 259 g/mol. The van der Waals surface area contributed by atoms with Crippen molar-refractivity contribution in [2.24, 2.45) is 0 Å². The van der Waals surface area contributed by atoms with Gasteiger partial charge in [-0.1, -0.05) is 60.1 Å². The van der Waals surface area contributed by atoms with Crippen LogP contribution in [0.1, 0.15) is 23.1 Å². The van der Waals surface area contributed by atoms with Crippen LogP contribution in [0.25, 0.3) is 0 Å². The molecule has 0 bridgehead atoms. The van der Waals surface area contributed by atoms with Crippen LogP contribution in [0.5, 0.6) is 0 Å². The Hall–Kier alpha value is -1.57. The van der Waals surface area contributed by atoms with Gasteiger partial charge in [-0.25, -0.2) is 0 Å². The normalized spacial score (nSPS) is 13.9. The molecular weight excluding hydrogens is 244 g/mol. The highest BCUT2D eigenvalue weighted by Gasteiger charge is 2.19. The highest BCUT2D eigenvalue weighted by Crippen LogP contribution is 2.32. The summed E-state index contributed by atoms with van der Waals surface area (Å²) in [5.41, 5.74) is 1.89. The van der Waals surface area contributed by atoms with Crippen molar-refractivity contribution in [2.45, 2.75) is 12.0 Å². The first-order chi connectivity index (χ1) is 8.72. The van der Waals surface area contributed by atoms with E-state index in [9.17, 15) is 5.11 Å². The summed E-state index contributed by atoms with van der Waals surface area (Å²) in [6, 6.07) is 17.1. The van der Waals surface area contributed by atoms with Crippen LogP contribution in [-0.2, 0) is 0 Å². The number of hydrogen-bond acceptors (Lipinski definition) is 1. The molecule has 92 valence electrons. The van der Waals surface area contributed by atoms with E-state index in [4.69, 9.17) is 11.6 Å². The van der Waals surface area contributed by atoms with E-state index in [0.29, 0.717) is 5.02 Å². The molecule has 0 radical (unpaired) electrons. The summed E-state index contributed by atoms with van der Waals surface area (Å²) >= 11 is 5.85. The fourth-order valence-electron chi connectivity index (χ4n) is 1.99. The van der Waals surface area contributed by atoms with Crippen molar-refractivity contribution < 1.29 is 5.11 Å². The topological polar surface area (TPSA) is 20.2 Å². The van der Waals surface area contributed by atoms with Gasteiger partial charge in [0.25, 0.3) is 0 Å². The Bertz CT molecular complexity index is 504. The summed E-state index contributed by atoms with van der Waals surface area (Å²) in [6.45, 7) is 3.82. The second kappa shape index (κ2) is 5.85. The molecule has 18 heavy (non-hydrogen) atoms. The summed E-state index contributed by atoms with van der Waals surface area (Å²) < 4.78 is 0. The van der Waals surface area contributed by atoms with E-state index in [-0.39, 0.29) is 5.92 Å². The lowest BCUT2D eigenvalue weighted by molar-refractivity contribution is 0.162. The Labute approximate surface area is 112 Å². The van der Waals surface area contributed by atoms with E-state index >= 15 is 0 Å². The predicted octanol–water partition coefficient (Wildman–Crippen LogP) is 4.34. The summed E-state index contributed by atoms with van der Waals surface area (Å²) in [7, 11) is 0. The molecular formula is C16H15ClO. The van der Waals surface area contributed by atoms with E-state index in [1.165, 1.54) is 0 Å². The van der Waals surface area contributed by atoms with Gasteiger partial charge >= 0.3 is 0 Å². The number of aliphatic hydroxyl groups is 1. The van der Waals surface area contributed by atoms with E-state index in [1.54, 1.807) is 18.2 Å². The van der Waals surface area contributed by atoms with Crippen LogP contribution in [-0.4, -0.2) is 5.11 Å². The van der Waals surface area contributed by atoms with Crippen molar-refractivity contribution in [2.75, 3.05) is 0 Å². The lowest BCUT2D eigenvalue weighted by Gasteiger charge is -2.20. The maximum Gasteiger partial charge on any atom is 0.0893 e. The van der Waals surface area contributed by atoms with Crippen LogP contribution >= 0.6 is 11.6 Å². The van der Waals surface area contributed by atoms with Crippen LogP contribution in [0.4, 0.5) is 0 Å². The largest absolute Gasteiger partial charge is 0.387 e. The Kier molecular flexibility index (Phi) is 4.19. The molecule has 0 fully saturated rings. The molecule has 0 saturated carbocycles. The van der Waals surface area contributed by atoms with Gasteiger partial charge in [0, 0.05) is 10.9 Å². The van der Waals surface area contributed by atoms with Crippen LogP contribution in [0.2, 0.25) is 5.02 Å². The molecule has 1 nitrogen and oxygen atoms in total. The first-order valence-corrected chi connectivity index (χ1v) is 6.21. The minimum atomic E-state index is -0.609. The second-order valence-corrected chi connectivity index (χ2v) is 4.60. The maximum absolute atomic E-state index is 10.4. The summed E-state index contributed by atoms with van der Waals surface area (Å²) in [5, 5.41) is 11.1. The molecule has 0 aliphatic heterocycles. The van der Waals surface area contributed by atoms with Gasteiger partial charge in [0.15, 0.2) is 0 Å². The van der Waals surface area contributed by atoms with Crippen molar-refractivity contribution in [3.63, 3.8) is 0 Å². The number of hydrogen-bond donors (Lipinski definition) is 1. The number of aliphatic hydroxyl groups excluding tert-OH is 1. The SMILES string of the molecule is C=CC(c1ccccc1)C(O)c1ccc(Cl)cc1. The molecule has 1 N–H and O–H groups in total. The lowest BCUT2D eigenvalue weighted by Crippen LogP contribution is -2.08. The van der Waals surface area contributed by atoms with Crippen molar-refractivity contribution in [3.05, 3.63) is 83.4 Å². The highest BCUT2D eigenvalue weighted by molar-refractivity contribution is 6.30. The molecule has 0 saturated heterocycles. The molecule has 2 heteroatoms. The Morgan fingerprint density at radius 2 is 1.56 bits per heavy atom. The molecule has 2 rings (SSSR count). The van der Waals surface area contributed by atoms with Crippen LogP contribution in [0.3, 0.4) is 0 Å². The minimum Gasteiger partial charge on any atom is -0.387 e. The van der Waals surface area contributed by atoms with E-state index in [1.807, 2.05) is 42.5 Å². The third kappa shape index (κ3) is 2.81. The molecule has 2 unspecified atom stereocenters. The fraction of sp³-hybridized carbons (Fsp3) is 0.125. The molecule has 0 spiro atoms. The first-order valence-electron chi connectivity index (χ1n) is 5.83. The average Bonchev–Trinajstić information content (AvgIpc) is 2.41. The third-order valence-electron chi connectivity index (χ3n) is 2.99. The quantitative estimate of drug-likeness (QED) is 0.809. The highest BCUT2D eigenvalue weighted by atomic mass is 35.5. The number of benzene rings is 2. The van der Waals surface area contributed by atoms with Crippen molar-refractivity contribution in [1.82, 2.24) is 0 Å². The molecule has 2 atom stereocenters. The summed E-state index contributed by atoms with van der Waals surface area (Å²) in [6.07, 6.45) is 1.16. The molecule has 0 heterocycles. The standard InChI is InChI=1S/C16H15ClO/c1-2-15(12-6-4-3-5-7-12)16(18)13-8-10-14(17)11-9-13/h2-11,15-16,18H,1H2. The van der Waals surface area contributed by atoms with Gasteiger partial charge < -0.3 is 5.11 Å². The summed E-state index contributed by atoms with van der Waals surface area (Å²) in [5.74, 6) is -0.118. The lowest BCUT2D eigenvalue weighted by atomic mass is 9.89. The predicted molar refractivity (Wildman–Crippen MR) is 75.8 cm³/mol. The van der Waals surface area contributed by atoms with Gasteiger partial charge in [0.05, 0.1) is 6.10 Å². The van der Waals surface area contributed by atoms with E-state index in [2.05, 4.69) is 6.58 Å². The zero-order valence-corrected chi connectivity index (χ0v) is 10.7. The monoisotopic (exact) mass is 258 g/mol. The van der Waals surface area contributed by atoms with Crippen molar-refractivity contribution in [3.8, 4) is 0 Å². The van der Waals surface area contributed by atoms with Crippen LogP contribution in [0.15, 0.2) is 67.3 Å². The van der Waals surface area contributed by atoms with E-state index in [0.717, 1.165) is 11.1 Å². The van der Waals surface area contributed by atoms with Crippen molar-refractivity contribution in [1.29, 1.82) is 0 Å². The van der Waals surface area contributed by atoms with Gasteiger partial charge in [-0.05, 0) is 23.3 Å². The van der Waals surface area contributed by atoms with Gasteiger partial charge in [-0.15, -0.1) is 6.58 Å². The molecule has 0 aliphatic rings. The van der Waals surface area contributed by atoms with Gasteiger partial charge in [0.2, 0.25) is 0 Å². The summed E-state index contributed by atoms with van der Waals surface area (Å²) in [4.78, 5) is 0. The minimum absolute atomic E-state index is 0.118. The van der Waals surface area contributed by atoms with E-state index < -0.39 is 6.10 Å². The second-order valence-electron chi connectivity index (χ2n) is 4.17. The Morgan fingerprint density at radius 1 is 0.944 bits per heavy atom. The first kappa shape index (κ1) is 12.9. The van der Waals surface area contributed by atoms with Crippen LogP contribution in [0, 0.1) is 0 Å². The van der Waals surface area contributed by atoms with Gasteiger partial charge in [0.1, 0.15) is 0 Å². The molecule has 0 aromatic heterocycles. The maximum atomic E-state index is 10.4. The fourth-order valence-corrected chi connectivity index (χ4v) is 2.12. The third-order valence-corrected chi connectivity index (χ3v) is 3.24. The Balaban J connectivity index is 2.28. The Morgan fingerprint density at radius 3 is 2.11 bits per heavy atom. The van der Waals surface area contributed by atoms with Gasteiger partial charge in [-0.2, -0.15) is 0 Å². The van der Waals surface area contributed by atoms with Crippen molar-refractivity contribution >= 4 is 11.6 Å². The number of halogens is 1. The molecule has 2 aromatic rings. The smallest absolute Gasteiger partial charge is 0.0893 e. The van der Waals surface area contributed by atoms with Crippen LogP contribution < -0.4 is 0 Å². The molecule has 0 amide bonds. The zero-order valence-electron chi connectivity index (χ0n) is 9.96. The molecule has 2 aromatic carbocycles. The van der Waals surface area contributed by atoms with Gasteiger partial charge in [-0.3, -0.25) is 0 Å². The number of rotatable bonds is 4. The molecule has 0 aliphatic carbocycles.